The quantitative estimate of drug-likeness (QED) is 0.376. The standard InChI is InChI=1S/C24H23N3O7/c28-19(23(30)31)9-10-25-22(29)21-20(34-13-27-21)11-26-24(32)33-12-18-16-7-3-1-5-14(16)15-6-2-4-8-17(15)18/h1-8,13,18-19,28H,9-12H2,(H,25,29)(H,26,32)(H,30,31). The van der Waals surface area contributed by atoms with Gasteiger partial charge in [-0.25, -0.2) is 14.6 Å². The molecule has 1 aliphatic rings. The Morgan fingerprint density at radius 2 is 1.68 bits per heavy atom. The maximum atomic E-state index is 12.3. The molecule has 34 heavy (non-hydrogen) atoms. The van der Waals surface area contributed by atoms with Crippen LogP contribution >= 0.6 is 0 Å². The Labute approximate surface area is 194 Å². The highest BCUT2D eigenvalue weighted by Crippen LogP contribution is 2.44. The van der Waals surface area contributed by atoms with Crippen molar-refractivity contribution in [2.75, 3.05) is 13.2 Å². The number of oxazole rings is 1. The second-order valence-electron chi connectivity index (χ2n) is 7.70. The van der Waals surface area contributed by atoms with Crippen LogP contribution in [0.4, 0.5) is 4.79 Å². The van der Waals surface area contributed by atoms with E-state index in [0.717, 1.165) is 28.6 Å². The first-order valence-electron chi connectivity index (χ1n) is 10.7. The molecule has 4 N–H and O–H groups in total. The smallest absolute Gasteiger partial charge is 0.407 e. The minimum absolute atomic E-state index is 0.0521. The van der Waals surface area contributed by atoms with E-state index < -0.39 is 24.1 Å². The zero-order valence-corrected chi connectivity index (χ0v) is 18.1. The summed E-state index contributed by atoms with van der Waals surface area (Å²) in [6.45, 7) is -0.0505. The van der Waals surface area contributed by atoms with Gasteiger partial charge in [0.25, 0.3) is 5.91 Å². The number of hydrogen-bond acceptors (Lipinski definition) is 7. The molecular formula is C24H23N3O7. The molecule has 1 aliphatic carbocycles. The van der Waals surface area contributed by atoms with Crippen molar-refractivity contribution < 1.29 is 33.8 Å². The Morgan fingerprint density at radius 1 is 1.03 bits per heavy atom. The maximum absolute atomic E-state index is 12.3. The third-order valence-electron chi connectivity index (χ3n) is 5.58. The van der Waals surface area contributed by atoms with Crippen LogP contribution in [0.3, 0.4) is 0 Å². The van der Waals surface area contributed by atoms with Crippen molar-refractivity contribution in [3.05, 3.63) is 77.5 Å². The van der Waals surface area contributed by atoms with Crippen LogP contribution in [0, 0.1) is 0 Å². The number of alkyl carbamates (subject to hydrolysis) is 1. The van der Waals surface area contributed by atoms with Crippen LogP contribution in [0.25, 0.3) is 11.1 Å². The molecule has 0 fully saturated rings. The molecule has 1 heterocycles. The number of ether oxygens (including phenoxy) is 1. The highest BCUT2D eigenvalue weighted by atomic mass is 16.5. The molecule has 1 aromatic heterocycles. The fourth-order valence-corrected chi connectivity index (χ4v) is 3.91. The van der Waals surface area contributed by atoms with Crippen molar-refractivity contribution in [3.63, 3.8) is 0 Å². The Hall–Kier alpha value is -4.18. The van der Waals surface area contributed by atoms with Crippen molar-refractivity contribution >= 4 is 18.0 Å². The van der Waals surface area contributed by atoms with E-state index in [1.165, 1.54) is 0 Å². The van der Waals surface area contributed by atoms with Crippen LogP contribution in [0.15, 0.2) is 59.3 Å². The lowest BCUT2D eigenvalue weighted by Crippen LogP contribution is -2.31. The van der Waals surface area contributed by atoms with E-state index in [1.54, 1.807) is 0 Å². The highest BCUT2D eigenvalue weighted by Gasteiger charge is 2.29. The minimum Gasteiger partial charge on any atom is -0.479 e. The van der Waals surface area contributed by atoms with Crippen molar-refractivity contribution in [1.29, 1.82) is 0 Å². The average molecular weight is 465 g/mol. The van der Waals surface area contributed by atoms with Crippen LogP contribution in [0.1, 0.15) is 39.7 Å². The van der Waals surface area contributed by atoms with Crippen LogP contribution < -0.4 is 10.6 Å². The summed E-state index contributed by atoms with van der Waals surface area (Å²) < 4.78 is 10.6. The Kier molecular flexibility index (Phi) is 6.88. The highest BCUT2D eigenvalue weighted by molar-refractivity contribution is 5.93. The second-order valence-corrected chi connectivity index (χ2v) is 7.70. The van der Waals surface area contributed by atoms with Gasteiger partial charge in [0.2, 0.25) is 0 Å². The number of amides is 2. The number of hydrogen-bond donors (Lipinski definition) is 4. The van der Waals surface area contributed by atoms with Gasteiger partial charge in [0.05, 0.1) is 6.54 Å². The number of carbonyl (C=O) groups excluding carboxylic acids is 2. The van der Waals surface area contributed by atoms with E-state index in [-0.39, 0.29) is 43.5 Å². The Bertz CT molecular complexity index is 1160. The lowest BCUT2D eigenvalue weighted by atomic mass is 9.98. The fraction of sp³-hybridized carbons (Fsp3) is 0.250. The van der Waals surface area contributed by atoms with Crippen molar-refractivity contribution in [2.45, 2.75) is 25.0 Å². The van der Waals surface area contributed by atoms with Gasteiger partial charge in [-0.05, 0) is 22.3 Å². The number of rotatable bonds is 9. The van der Waals surface area contributed by atoms with E-state index in [1.807, 2.05) is 48.5 Å². The topological polar surface area (TPSA) is 151 Å². The van der Waals surface area contributed by atoms with Crippen LogP contribution in [0.2, 0.25) is 0 Å². The zero-order valence-electron chi connectivity index (χ0n) is 18.1. The summed E-state index contributed by atoms with van der Waals surface area (Å²) in [7, 11) is 0. The SMILES string of the molecule is O=C(NCc1ocnc1C(=O)NCCC(O)C(=O)O)OCC1c2ccccc2-c2ccccc21. The lowest BCUT2D eigenvalue weighted by Gasteiger charge is -2.14. The predicted octanol–water partition coefficient (Wildman–Crippen LogP) is 2.28. The number of carboxylic acid groups (broad SMARTS) is 1. The number of fused-ring (bicyclic) bond motifs is 3. The number of benzene rings is 2. The molecule has 2 aromatic carbocycles. The number of aliphatic hydroxyl groups is 1. The molecule has 0 aliphatic heterocycles. The molecule has 0 saturated heterocycles. The molecule has 0 saturated carbocycles. The summed E-state index contributed by atoms with van der Waals surface area (Å²) >= 11 is 0. The first kappa shape index (κ1) is 23.0. The summed E-state index contributed by atoms with van der Waals surface area (Å²) in [5.41, 5.74) is 4.39. The molecule has 0 spiro atoms. The predicted molar refractivity (Wildman–Crippen MR) is 119 cm³/mol. The maximum Gasteiger partial charge on any atom is 0.407 e. The molecule has 10 nitrogen and oxygen atoms in total. The Balaban J connectivity index is 1.30. The van der Waals surface area contributed by atoms with Gasteiger partial charge < -0.3 is 30.0 Å². The molecule has 0 bridgehead atoms. The van der Waals surface area contributed by atoms with Gasteiger partial charge in [0, 0.05) is 18.9 Å². The fourth-order valence-electron chi connectivity index (χ4n) is 3.91. The first-order valence-corrected chi connectivity index (χ1v) is 10.7. The van der Waals surface area contributed by atoms with Crippen LogP contribution in [-0.2, 0) is 16.1 Å². The summed E-state index contributed by atoms with van der Waals surface area (Å²) in [6.07, 6.45) is -1.34. The lowest BCUT2D eigenvalue weighted by molar-refractivity contribution is -0.146. The molecule has 0 radical (unpaired) electrons. The number of nitrogens with zero attached hydrogens (tertiary/aromatic N) is 1. The molecule has 10 heteroatoms. The molecule has 2 amide bonds. The molecular weight excluding hydrogens is 442 g/mol. The van der Waals surface area contributed by atoms with E-state index in [0.29, 0.717) is 0 Å². The third kappa shape index (κ3) is 4.91. The third-order valence-corrected chi connectivity index (χ3v) is 5.58. The van der Waals surface area contributed by atoms with Gasteiger partial charge in [-0.3, -0.25) is 4.79 Å². The number of aromatic nitrogens is 1. The largest absolute Gasteiger partial charge is 0.479 e. The van der Waals surface area contributed by atoms with Crippen LogP contribution in [0.5, 0.6) is 0 Å². The summed E-state index contributed by atoms with van der Waals surface area (Å²) in [5, 5.41) is 22.9. The molecule has 1 atom stereocenters. The first-order chi connectivity index (χ1) is 16.5. The van der Waals surface area contributed by atoms with E-state index in [2.05, 4.69) is 15.6 Å². The number of carboxylic acids is 1. The molecule has 1 unspecified atom stereocenters. The van der Waals surface area contributed by atoms with Gasteiger partial charge in [0.1, 0.15) is 6.61 Å². The number of aliphatic hydroxyl groups excluding tert-OH is 1. The van der Waals surface area contributed by atoms with Crippen molar-refractivity contribution in [1.82, 2.24) is 15.6 Å². The molecule has 176 valence electrons. The number of carbonyl (C=O) groups is 3. The zero-order chi connectivity index (χ0) is 24.1. The van der Waals surface area contributed by atoms with Crippen LogP contribution in [-0.4, -0.2) is 52.4 Å². The van der Waals surface area contributed by atoms with E-state index in [4.69, 9.17) is 14.3 Å². The minimum atomic E-state index is -1.58. The Morgan fingerprint density at radius 3 is 2.32 bits per heavy atom. The van der Waals surface area contributed by atoms with Crippen molar-refractivity contribution in [2.24, 2.45) is 0 Å². The summed E-state index contributed by atoms with van der Waals surface area (Å²) in [5.74, 6) is -1.95. The number of aliphatic carboxylic acids is 1. The van der Waals surface area contributed by atoms with Gasteiger partial charge >= 0.3 is 12.1 Å². The van der Waals surface area contributed by atoms with Crippen molar-refractivity contribution in [3.8, 4) is 11.1 Å². The molecule has 3 aromatic rings. The van der Waals surface area contributed by atoms with E-state index in [9.17, 15) is 19.5 Å². The monoisotopic (exact) mass is 465 g/mol. The van der Waals surface area contributed by atoms with Gasteiger partial charge in [-0.2, -0.15) is 0 Å². The van der Waals surface area contributed by atoms with E-state index >= 15 is 0 Å². The average Bonchev–Trinajstić information content (AvgIpc) is 3.44. The summed E-state index contributed by atoms with van der Waals surface area (Å²) in [4.78, 5) is 39.0. The molecule has 4 rings (SSSR count). The van der Waals surface area contributed by atoms with Gasteiger partial charge in [-0.1, -0.05) is 48.5 Å². The van der Waals surface area contributed by atoms with Gasteiger partial charge in [-0.15, -0.1) is 0 Å². The van der Waals surface area contributed by atoms with Gasteiger partial charge in [0.15, 0.2) is 24.0 Å². The number of nitrogens with one attached hydrogen (secondary N) is 2. The normalized spacial score (nSPS) is 13.0. The summed E-state index contributed by atoms with van der Waals surface area (Å²) in [6, 6.07) is 16.0. The second kappa shape index (κ2) is 10.2.